The molecule has 0 N–H and O–H groups in total. The first-order chi connectivity index (χ1) is 25.4. The van der Waals surface area contributed by atoms with Gasteiger partial charge in [-0.2, -0.15) is 0 Å². The maximum Gasteiger partial charge on any atom is 2.00 e. The van der Waals surface area contributed by atoms with Crippen molar-refractivity contribution in [2.75, 3.05) is 0 Å². The summed E-state index contributed by atoms with van der Waals surface area (Å²) in [4.78, 5) is 21.3. The molecule has 53 heavy (non-hydrogen) atoms. The quantitative estimate of drug-likeness (QED) is 0.167. The van der Waals surface area contributed by atoms with Crippen molar-refractivity contribution in [1.82, 2.24) is 19.9 Å². The van der Waals surface area contributed by atoms with Gasteiger partial charge >= 0.3 is 19.5 Å². The van der Waals surface area contributed by atoms with Crippen molar-refractivity contribution in [3.8, 4) is 44.5 Å². The van der Waals surface area contributed by atoms with E-state index < -0.39 is 0 Å². The molecule has 10 rings (SSSR count). The molecule has 0 spiro atoms. The number of rotatable bonds is 3. The van der Waals surface area contributed by atoms with Crippen LogP contribution in [-0.2, 0) is 19.5 Å². The summed E-state index contributed by atoms with van der Waals surface area (Å²) >= 11 is 25.7. The van der Waals surface area contributed by atoms with Gasteiger partial charge in [0.15, 0.2) is 0 Å². The molecule has 0 fully saturated rings. The van der Waals surface area contributed by atoms with E-state index in [0.29, 0.717) is 20.1 Å². The van der Waals surface area contributed by atoms with Crippen LogP contribution in [0.3, 0.4) is 0 Å². The van der Waals surface area contributed by atoms with Gasteiger partial charge in [0, 0.05) is 31.2 Å². The van der Waals surface area contributed by atoms with Crippen LogP contribution in [0.4, 0.5) is 0 Å². The second-order valence-corrected chi connectivity index (χ2v) is 14.5. The summed E-state index contributed by atoms with van der Waals surface area (Å²) in [5, 5.41) is 2.60. The fraction of sp³-hybridized carbons (Fsp3) is 0. The zero-order valence-corrected chi connectivity index (χ0v) is 33.7. The summed E-state index contributed by atoms with van der Waals surface area (Å²) in [5.74, 6) is 0. The standard InChI is InChI=1S/C44H22Cl4N4.Zn/c45-26-7-1-23(2-8-26)40-33-15-16-34(49-33)41(24-3-9-27(46)10-4-24)36-19-20-38(51-36)43-30-14-13-29(48)21-31(30)32-22-39(52-44(32)43)42(37-18-17-35(40)50-37)25-5-11-28(47)12-6-25;/h1-22H;/q-2;+2. The fourth-order valence-electron chi connectivity index (χ4n) is 7.34. The van der Waals surface area contributed by atoms with Gasteiger partial charge in [-0.05, 0) is 111 Å². The van der Waals surface area contributed by atoms with E-state index in [9.17, 15) is 0 Å². The minimum absolute atomic E-state index is 0. The van der Waals surface area contributed by atoms with Crippen LogP contribution in [0.1, 0.15) is 28.3 Å². The maximum atomic E-state index is 6.62. The van der Waals surface area contributed by atoms with E-state index in [1.807, 2.05) is 109 Å². The topological polar surface area (TPSA) is 54.0 Å². The molecule has 0 saturated carbocycles. The van der Waals surface area contributed by atoms with Gasteiger partial charge in [-0.1, -0.05) is 113 Å². The molecular formula is C44H22Cl4N4Zn. The van der Waals surface area contributed by atoms with Crippen molar-refractivity contribution < 1.29 is 19.5 Å². The summed E-state index contributed by atoms with van der Waals surface area (Å²) in [6.07, 6.45) is 6.22. The average molecular weight is 814 g/mol. The summed E-state index contributed by atoms with van der Waals surface area (Å²) in [6, 6.07) is 37.5. The van der Waals surface area contributed by atoms with Crippen LogP contribution in [0.5, 0.6) is 0 Å². The Balaban J connectivity index is 0.00000372. The number of fused-ring (bicyclic) bond motifs is 11. The smallest absolute Gasteiger partial charge is 0.657 e. The van der Waals surface area contributed by atoms with Crippen LogP contribution in [0.25, 0.3) is 90.4 Å². The van der Waals surface area contributed by atoms with Gasteiger partial charge in [-0.3, -0.25) is 0 Å². The number of hydrogen-bond acceptors (Lipinski definition) is 2. The summed E-state index contributed by atoms with van der Waals surface area (Å²) in [6.45, 7) is 0. The number of halogens is 4. The number of aromatic nitrogens is 4. The molecule has 3 aromatic heterocycles. The van der Waals surface area contributed by atoms with Gasteiger partial charge in [0.2, 0.25) is 0 Å². The monoisotopic (exact) mass is 810 g/mol. The zero-order chi connectivity index (χ0) is 35.1. The van der Waals surface area contributed by atoms with Crippen molar-refractivity contribution in [1.29, 1.82) is 0 Å². The number of benzene rings is 4. The van der Waals surface area contributed by atoms with Crippen molar-refractivity contribution in [2.45, 2.75) is 0 Å². The SMILES string of the molecule is Clc1ccc(-c2c3nc(c(-c4ccc(Cl)cc4)c4ccc([n-]4)c(-c4ccc(Cl)cc4)c4ccc([n-]4)c4c5nc2C=C5c2cc(Cl)ccc2-4)C=C3)cc1.[Zn+2]. The minimum Gasteiger partial charge on any atom is -0.657 e. The molecule has 2 aliphatic heterocycles. The Labute approximate surface area is 337 Å². The third-order valence-electron chi connectivity index (χ3n) is 9.66. The molecule has 1 aliphatic carbocycles. The first kappa shape index (κ1) is 34.1. The summed E-state index contributed by atoms with van der Waals surface area (Å²) in [7, 11) is 0. The van der Waals surface area contributed by atoms with Crippen LogP contribution in [0, 0.1) is 0 Å². The summed E-state index contributed by atoms with van der Waals surface area (Å²) in [5.41, 5.74) is 15.8. The van der Waals surface area contributed by atoms with Crippen molar-refractivity contribution in [2.24, 2.45) is 0 Å². The predicted molar refractivity (Wildman–Crippen MR) is 217 cm³/mol. The van der Waals surface area contributed by atoms with Gasteiger partial charge in [0.05, 0.1) is 22.8 Å². The molecule has 5 heterocycles. The van der Waals surface area contributed by atoms with Crippen LogP contribution in [0.15, 0.2) is 115 Å². The molecule has 0 amide bonds. The van der Waals surface area contributed by atoms with E-state index in [1.165, 1.54) is 0 Å². The summed E-state index contributed by atoms with van der Waals surface area (Å²) < 4.78 is 0. The molecule has 0 saturated heterocycles. The normalized spacial score (nSPS) is 12.4. The van der Waals surface area contributed by atoms with Crippen molar-refractivity contribution in [3.63, 3.8) is 0 Å². The zero-order valence-electron chi connectivity index (χ0n) is 27.7. The van der Waals surface area contributed by atoms with Gasteiger partial charge < -0.3 is 9.97 Å². The van der Waals surface area contributed by atoms with Crippen LogP contribution in [0.2, 0.25) is 20.1 Å². The first-order valence-electron chi connectivity index (χ1n) is 16.6. The first-order valence-corrected chi connectivity index (χ1v) is 18.1. The minimum atomic E-state index is 0. The molecule has 3 aliphatic rings. The van der Waals surface area contributed by atoms with Gasteiger partial charge in [-0.25, -0.2) is 9.97 Å². The Hall–Kier alpha value is -4.74. The molecule has 4 aromatic carbocycles. The molecule has 248 valence electrons. The van der Waals surface area contributed by atoms with Gasteiger partial charge in [0.1, 0.15) is 0 Å². The van der Waals surface area contributed by atoms with E-state index in [1.54, 1.807) is 0 Å². The van der Waals surface area contributed by atoms with Gasteiger partial charge in [0.25, 0.3) is 0 Å². The molecule has 0 atom stereocenters. The Morgan fingerprint density at radius 3 is 1.42 bits per heavy atom. The van der Waals surface area contributed by atoms with Crippen molar-refractivity contribution in [3.05, 3.63) is 164 Å². The number of nitrogens with zero attached hydrogens (tertiary/aromatic N) is 4. The molecule has 0 radical (unpaired) electrons. The Morgan fingerprint density at radius 1 is 0.396 bits per heavy atom. The molecule has 0 unspecified atom stereocenters. The third kappa shape index (κ3) is 5.80. The van der Waals surface area contributed by atoms with E-state index in [-0.39, 0.29) is 19.5 Å². The third-order valence-corrected chi connectivity index (χ3v) is 10.6. The Morgan fingerprint density at radius 2 is 0.849 bits per heavy atom. The predicted octanol–water partition coefficient (Wildman–Crippen LogP) is 12.9. The van der Waals surface area contributed by atoms with Crippen molar-refractivity contribution >= 4 is 92.3 Å². The maximum absolute atomic E-state index is 6.62. The second-order valence-electron chi connectivity index (χ2n) is 12.8. The molecular weight excluding hydrogens is 792 g/mol. The molecule has 8 bridgehead atoms. The van der Waals surface area contributed by atoms with E-state index in [0.717, 1.165) is 100 Å². The van der Waals surface area contributed by atoms with E-state index in [4.69, 9.17) is 66.3 Å². The number of hydrogen-bond donors (Lipinski definition) is 0. The van der Waals surface area contributed by atoms with Crippen LogP contribution < -0.4 is 9.97 Å². The Kier molecular flexibility index (Phi) is 8.54. The van der Waals surface area contributed by atoms with Crippen LogP contribution in [-0.4, -0.2) is 9.97 Å². The molecule has 9 heteroatoms. The Bertz CT molecular complexity index is 2830. The fourth-order valence-corrected chi connectivity index (χ4v) is 7.89. The average Bonchev–Trinajstić information content (AvgIpc) is 3.99. The largest absolute Gasteiger partial charge is 2.00 e. The van der Waals surface area contributed by atoms with Crippen LogP contribution >= 0.6 is 46.4 Å². The van der Waals surface area contributed by atoms with E-state index >= 15 is 0 Å². The molecule has 7 aromatic rings. The van der Waals surface area contributed by atoms with E-state index in [2.05, 4.69) is 24.3 Å². The second kappa shape index (κ2) is 13.3. The molecule has 4 nitrogen and oxygen atoms in total. The van der Waals surface area contributed by atoms with Gasteiger partial charge in [-0.15, -0.1) is 22.1 Å².